The van der Waals surface area contributed by atoms with Gasteiger partial charge in [-0.2, -0.15) is 0 Å². The minimum Gasteiger partial charge on any atom is -0.368 e. The third-order valence-electron chi connectivity index (χ3n) is 4.66. The number of halogens is 1. The van der Waals surface area contributed by atoms with Gasteiger partial charge in [0, 0.05) is 17.8 Å². The van der Waals surface area contributed by atoms with Crippen LogP contribution in [0.5, 0.6) is 0 Å². The summed E-state index contributed by atoms with van der Waals surface area (Å²) in [6, 6.07) is 8.86. The third kappa shape index (κ3) is 3.99. The highest BCUT2D eigenvalue weighted by Crippen LogP contribution is 2.23. The number of amides is 2. The number of nitrogens with zero attached hydrogens (tertiary/aromatic N) is 1. The van der Waals surface area contributed by atoms with Gasteiger partial charge < -0.3 is 10.6 Å². The van der Waals surface area contributed by atoms with Crippen molar-refractivity contribution < 1.29 is 22.4 Å². The van der Waals surface area contributed by atoms with Crippen LogP contribution < -0.4 is 10.5 Å². The Bertz CT molecular complexity index is 1040. The molecule has 9 heteroatoms. The Hall–Kier alpha value is -2.94. The molecule has 7 nitrogen and oxygen atoms in total. The van der Waals surface area contributed by atoms with E-state index in [1.807, 2.05) is 0 Å². The van der Waals surface area contributed by atoms with Crippen LogP contribution in [0.25, 0.3) is 0 Å². The molecule has 0 radical (unpaired) electrons. The fourth-order valence-corrected chi connectivity index (χ4v) is 4.20. The number of carbonyl (C=O) groups excluding carboxylic acids is 2. The lowest BCUT2D eigenvalue weighted by Gasteiger charge is -2.22. The standard InChI is InChI=1S/C19H20FN3O4S/c1-12-7-8-15(11-16(12)20)28(26,27)22-14-5-2-4-13(10-14)19(25)23-9-3-6-17(23)18(21)24/h2,4-5,7-8,10-11,17,22H,3,6,9H2,1H3,(H2,21,24)/t17-/m0/s1. The van der Waals surface area contributed by atoms with E-state index in [2.05, 4.69) is 4.72 Å². The van der Waals surface area contributed by atoms with Gasteiger partial charge in [0.15, 0.2) is 0 Å². The van der Waals surface area contributed by atoms with Crippen LogP contribution in [-0.2, 0) is 14.8 Å². The Morgan fingerprint density at radius 3 is 2.64 bits per heavy atom. The van der Waals surface area contributed by atoms with Crippen LogP contribution in [0.2, 0.25) is 0 Å². The van der Waals surface area contributed by atoms with E-state index in [0.717, 1.165) is 6.07 Å². The Morgan fingerprint density at radius 2 is 1.96 bits per heavy atom. The van der Waals surface area contributed by atoms with Crippen LogP contribution in [0.15, 0.2) is 47.4 Å². The maximum atomic E-state index is 13.7. The highest BCUT2D eigenvalue weighted by Gasteiger charge is 2.33. The molecular formula is C19H20FN3O4S. The van der Waals surface area contributed by atoms with Crippen LogP contribution in [0, 0.1) is 12.7 Å². The fraction of sp³-hybridized carbons (Fsp3) is 0.263. The average molecular weight is 405 g/mol. The van der Waals surface area contributed by atoms with E-state index in [9.17, 15) is 22.4 Å². The average Bonchev–Trinajstić information content (AvgIpc) is 3.13. The zero-order chi connectivity index (χ0) is 20.5. The van der Waals surface area contributed by atoms with E-state index in [-0.39, 0.29) is 16.1 Å². The normalized spacial score (nSPS) is 16.8. The van der Waals surface area contributed by atoms with Gasteiger partial charge in [-0.15, -0.1) is 0 Å². The summed E-state index contributed by atoms with van der Waals surface area (Å²) in [5.74, 6) is -1.59. The van der Waals surface area contributed by atoms with E-state index >= 15 is 0 Å². The van der Waals surface area contributed by atoms with Crippen molar-refractivity contribution in [1.29, 1.82) is 0 Å². The van der Waals surface area contributed by atoms with E-state index in [1.54, 1.807) is 0 Å². The van der Waals surface area contributed by atoms with Crippen molar-refractivity contribution in [3.05, 3.63) is 59.4 Å². The first-order chi connectivity index (χ1) is 13.2. The molecule has 0 spiro atoms. The first kappa shape index (κ1) is 19.8. The summed E-state index contributed by atoms with van der Waals surface area (Å²) in [5.41, 5.74) is 6.06. The molecule has 2 aromatic carbocycles. The van der Waals surface area contributed by atoms with Gasteiger partial charge >= 0.3 is 0 Å². The molecule has 148 valence electrons. The van der Waals surface area contributed by atoms with Crippen LogP contribution in [0.3, 0.4) is 0 Å². The smallest absolute Gasteiger partial charge is 0.261 e. The van der Waals surface area contributed by atoms with Crippen molar-refractivity contribution in [3.8, 4) is 0 Å². The zero-order valence-electron chi connectivity index (χ0n) is 15.2. The number of nitrogens with two attached hydrogens (primary N) is 1. The number of nitrogens with one attached hydrogen (secondary N) is 1. The number of benzene rings is 2. The first-order valence-corrected chi connectivity index (χ1v) is 10.2. The van der Waals surface area contributed by atoms with Crippen molar-refractivity contribution in [2.24, 2.45) is 5.73 Å². The maximum Gasteiger partial charge on any atom is 0.261 e. The second-order valence-corrected chi connectivity index (χ2v) is 8.34. The van der Waals surface area contributed by atoms with Gasteiger partial charge in [0.05, 0.1) is 4.90 Å². The molecule has 2 amide bonds. The number of likely N-dealkylation sites (tertiary alicyclic amines) is 1. The highest BCUT2D eigenvalue weighted by atomic mass is 32.2. The van der Waals surface area contributed by atoms with Crippen LogP contribution in [-0.4, -0.2) is 37.7 Å². The molecule has 0 bridgehead atoms. The molecule has 28 heavy (non-hydrogen) atoms. The molecule has 1 aliphatic rings. The summed E-state index contributed by atoms with van der Waals surface area (Å²) in [5, 5.41) is 0. The van der Waals surface area contributed by atoms with Crippen molar-refractivity contribution in [1.82, 2.24) is 4.90 Å². The van der Waals surface area contributed by atoms with Gasteiger partial charge in [-0.3, -0.25) is 14.3 Å². The van der Waals surface area contributed by atoms with Gasteiger partial charge in [0.25, 0.3) is 15.9 Å². The molecule has 1 atom stereocenters. The molecule has 0 saturated carbocycles. The van der Waals surface area contributed by atoms with Gasteiger partial charge in [-0.1, -0.05) is 12.1 Å². The van der Waals surface area contributed by atoms with Gasteiger partial charge in [0.2, 0.25) is 5.91 Å². The van der Waals surface area contributed by atoms with Gasteiger partial charge in [-0.05, 0) is 55.7 Å². The number of carbonyl (C=O) groups is 2. The molecule has 3 N–H and O–H groups in total. The number of rotatable bonds is 5. The largest absolute Gasteiger partial charge is 0.368 e. The Morgan fingerprint density at radius 1 is 1.21 bits per heavy atom. The molecule has 1 heterocycles. The molecule has 0 aliphatic carbocycles. The van der Waals surface area contributed by atoms with Crippen LogP contribution >= 0.6 is 0 Å². The lowest BCUT2D eigenvalue weighted by Crippen LogP contribution is -2.43. The second kappa shape index (κ2) is 7.59. The van der Waals surface area contributed by atoms with E-state index in [1.165, 1.54) is 48.2 Å². The summed E-state index contributed by atoms with van der Waals surface area (Å²) >= 11 is 0. The highest BCUT2D eigenvalue weighted by molar-refractivity contribution is 7.92. The predicted octanol–water partition coefficient (Wildman–Crippen LogP) is 2.02. The maximum absolute atomic E-state index is 13.7. The number of hydrogen-bond donors (Lipinski definition) is 2. The van der Waals surface area contributed by atoms with Gasteiger partial charge in [-0.25, -0.2) is 12.8 Å². The molecule has 0 unspecified atom stereocenters. The lowest BCUT2D eigenvalue weighted by molar-refractivity contribution is -0.121. The summed E-state index contributed by atoms with van der Waals surface area (Å²) in [6.45, 7) is 1.94. The molecule has 1 saturated heterocycles. The molecule has 0 aromatic heterocycles. The van der Waals surface area contributed by atoms with E-state index < -0.39 is 33.7 Å². The predicted molar refractivity (Wildman–Crippen MR) is 102 cm³/mol. The number of sulfonamides is 1. The lowest BCUT2D eigenvalue weighted by atomic mass is 10.1. The number of primary amides is 1. The molecular weight excluding hydrogens is 385 g/mol. The molecule has 1 fully saturated rings. The van der Waals surface area contributed by atoms with Crippen molar-refractivity contribution in [2.75, 3.05) is 11.3 Å². The molecule has 3 rings (SSSR count). The second-order valence-electron chi connectivity index (χ2n) is 6.66. The van der Waals surface area contributed by atoms with Crippen molar-refractivity contribution in [2.45, 2.75) is 30.7 Å². The SMILES string of the molecule is Cc1ccc(S(=O)(=O)Nc2cccc(C(=O)N3CCC[C@H]3C(N)=O)c2)cc1F. The molecule has 2 aromatic rings. The summed E-state index contributed by atoms with van der Waals surface area (Å²) in [7, 11) is -4.03. The zero-order valence-corrected chi connectivity index (χ0v) is 16.0. The minimum absolute atomic E-state index is 0.154. The Balaban J connectivity index is 1.84. The van der Waals surface area contributed by atoms with Crippen LogP contribution in [0.4, 0.5) is 10.1 Å². The van der Waals surface area contributed by atoms with E-state index in [4.69, 9.17) is 5.73 Å². The Labute approximate surface area is 162 Å². The number of aryl methyl sites for hydroxylation is 1. The van der Waals surface area contributed by atoms with Crippen molar-refractivity contribution >= 4 is 27.5 Å². The molecule has 1 aliphatic heterocycles. The van der Waals surface area contributed by atoms with Crippen LogP contribution in [0.1, 0.15) is 28.8 Å². The number of anilines is 1. The Kier molecular flexibility index (Phi) is 5.37. The topological polar surface area (TPSA) is 110 Å². The monoisotopic (exact) mass is 405 g/mol. The quantitative estimate of drug-likeness (QED) is 0.793. The summed E-state index contributed by atoms with van der Waals surface area (Å²) in [6.07, 6.45) is 1.18. The number of hydrogen-bond acceptors (Lipinski definition) is 4. The summed E-state index contributed by atoms with van der Waals surface area (Å²) in [4.78, 5) is 25.4. The third-order valence-corrected chi connectivity index (χ3v) is 6.04. The minimum atomic E-state index is -4.03. The van der Waals surface area contributed by atoms with Crippen molar-refractivity contribution in [3.63, 3.8) is 0 Å². The summed E-state index contributed by atoms with van der Waals surface area (Å²) < 4.78 is 41.1. The van der Waals surface area contributed by atoms with E-state index in [0.29, 0.717) is 24.9 Å². The van der Waals surface area contributed by atoms with Gasteiger partial charge in [0.1, 0.15) is 11.9 Å². The fourth-order valence-electron chi connectivity index (χ4n) is 3.14. The first-order valence-electron chi connectivity index (χ1n) is 8.68.